The molecule has 4 nitrogen and oxygen atoms in total. The number of benzene rings is 1. The number of hydrogen-bond acceptors (Lipinski definition) is 4. The monoisotopic (exact) mass is 243 g/mol. The van der Waals surface area contributed by atoms with E-state index in [-0.39, 0.29) is 0 Å². The molecule has 1 aromatic carbocycles. The summed E-state index contributed by atoms with van der Waals surface area (Å²) in [6.07, 6.45) is 1.75. The Morgan fingerprint density at radius 1 is 1.22 bits per heavy atom. The van der Waals surface area contributed by atoms with Crippen molar-refractivity contribution in [3.63, 3.8) is 0 Å². The van der Waals surface area contributed by atoms with E-state index < -0.39 is 0 Å². The predicted molar refractivity (Wildman–Crippen MR) is 74.4 cm³/mol. The van der Waals surface area contributed by atoms with Gasteiger partial charge in [0, 0.05) is 18.0 Å². The Morgan fingerprint density at radius 3 is 2.67 bits per heavy atom. The molecule has 1 aromatic heterocycles. The number of rotatable bonds is 3. The van der Waals surface area contributed by atoms with Crippen LogP contribution in [0.1, 0.15) is 11.1 Å². The van der Waals surface area contributed by atoms with Crippen LogP contribution in [-0.2, 0) is 0 Å². The van der Waals surface area contributed by atoms with E-state index in [1.165, 1.54) is 0 Å². The van der Waals surface area contributed by atoms with Crippen LogP contribution in [0.15, 0.2) is 30.5 Å². The van der Waals surface area contributed by atoms with E-state index in [2.05, 4.69) is 10.3 Å². The number of nitrogens with one attached hydrogen (secondary N) is 1. The van der Waals surface area contributed by atoms with Gasteiger partial charge in [0.2, 0.25) is 0 Å². The summed E-state index contributed by atoms with van der Waals surface area (Å²) in [6, 6.07) is 7.75. The molecule has 0 unspecified atom stereocenters. The first-order valence-corrected chi connectivity index (χ1v) is 5.74. The van der Waals surface area contributed by atoms with Gasteiger partial charge in [-0.15, -0.1) is 0 Å². The van der Waals surface area contributed by atoms with Gasteiger partial charge in [-0.25, -0.2) is 4.98 Å². The molecule has 0 aliphatic heterocycles. The van der Waals surface area contributed by atoms with Gasteiger partial charge >= 0.3 is 0 Å². The number of ether oxygens (including phenoxy) is 1. The third-order valence-electron chi connectivity index (χ3n) is 2.76. The maximum atomic E-state index is 5.86. The Labute approximate surface area is 107 Å². The largest absolute Gasteiger partial charge is 0.495 e. The van der Waals surface area contributed by atoms with E-state index in [4.69, 9.17) is 10.5 Å². The van der Waals surface area contributed by atoms with Crippen molar-refractivity contribution in [2.24, 2.45) is 0 Å². The molecule has 0 atom stereocenters. The normalized spacial score (nSPS) is 10.2. The van der Waals surface area contributed by atoms with Gasteiger partial charge in [0.25, 0.3) is 0 Å². The minimum atomic E-state index is 0.710. The maximum Gasteiger partial charge on any atom is 0.142 e. The molecule has 0 saturated carbocycles. The second-order valence-corrected chi connectivity index (χ2v) is 4.25. The third kappa shape index (κ3) is 2.53. The van der Waals surface area contributed by atoms with Gasteiger partial charge in [0.1, 0.15) is 11.6 Å². The minimum absolute atomic E-state index is 0.710. The smallest absolute Gasteiger partial charge is 0.142 e. The van der Waals surface area contributed by atoms with E-state index in [1.54, 1.807) is 13.3 Å². The van der Waals surface area contributed by atoms with Crippen LogP contribution < -0.4 is 15.8 Å². The van der Waals surface area contributed by atoms with Crippen LogP contribution in [0.3, 0.4) is 0 Å². The molecule has 0 saturated heterocycles. The lowest BCUT2D eigenvalue weighted by Gasteiger charge is -2.12. The summed E-state index contributed by atoms with van der Waals surface area (Å²) in [5.41, 5.74) is 9.59. The number of anilines is 3. The highest BCUT2D eigenvalue weighted by molar-refractivity contribution is 5.67. The van der Waals surface area contributed by atoms with Gasteiger partial charge in [-0.05, 0) is 37.1 Å². The van der Waals surface area contributed by atoms with Crippen molar-refractivity contribution in [3.05, 3.63) is 41.6 Å². The summed E-state index contributed by atoms with van der Waals surface area (Å²) in [5, 5.41) is 3.22. The van der Waals surface area contributed by atoms with Crippen LogP contribution in [0, 0.1) is 13.8 Å². The highest BCUT2D eigenvalue weighted by Crippen LogP contribution is 2.28. The van der Waals surface area contributed by atoms with Gasteiger partial charge in [-0.2, -0.15) is 0 Å². The molecule has 4 heteroatoms. The molecule has 0 fully saturated rings. The minimum Gasteiger partial charge on any atom is -0.495 e. The number of hydrogen-bond donors (Lipinski definition) is 2. The zero-order chi connectivity index (χ0) is 13.1. The number of aromatic nitrogens is 1. The van der Waals surface area contributed by atoms with E-state index >= 15 is 0 Å². The Balaban J connectivity index is 2.33. The number of methoxy groups -OCH3 is 1. The fourth-order valence-electron chi connectivity index (χ4n) is 1.67. The maximum absolute atomic E-state index is 5.86. The number of nitrogens with two attached hydrogens (primary N) is 1. The molecule has 0 radical (unpaired) electrons. The quantitative estimate of drug-likeness (QED) is 0.869. The first-order valence-electron chi connectivity index (χ1n) is 5.74. The van der Waals surface area contributed by atoms with Gasteiger partial charge < -0.3 is 15.8 Å². The molecular weight excluding hydrogens is 226 g/mol. The van der Waals surface area contributed by atoms with Crippen molar-refractivity contribution >= 4 is 17.2 Å². The van der Waals surface area contributed by atoms with Gasteiger partial charge in [0.05, 0.1) is 12.8 Å². The molecule has 94 valence electrons. The molecule has 0 bridgehead atoms. The summed E-state index contributed by atoms with van der Waals surface area (Å²) in [5.74, 6) is 1.49. The van der Waals surface area contributed by atoms with Crippen molar-refractivity contribution in [1.29, 1.82) is 0 Å². The second kappa shape index (κ2) is 4.96. The summed E-state index contributed by atoms with van der Waals surface area (Å²) >= 11 is 0. The second-order valence-electron chi connectivity index (χ2n) is 4.25. The fraction of sp³-hybridized carbons (Fsp3) is 0.214. The SMILES string of the molecule is COc1ccc(C)cc1Nc1cc(N)c(C)cn1. The molecule has 2 aromatic rings. The molecule has 2 rings (SSSR count). The average molecular weight is 243 g/mol. The van der Waals surface area contributed by atoms with Crippen molar-refractivity contribution in [3.8, 4) is 5.75 Å². The number of nitrogen functional groups attached to an aromatic ring is 1. The van der Waals surface area contributed by atoms with Crippen LogP contribution >= 0.6 is 0 Å². The lowest BCUT2D eigenvalue weighted by atomic mass is 10.2. The van der Waals surface area contributed by atoms with Gasteiger partial charge in [-0.1, -0.05) is 6.07 Å². The summed E-state index contributed by atoms with van der Waals surface area (Å²) in [6.45, 7) is 3.96. The number of nitrogens with zero attached hydrogens (tertiary/aromatic N) is 1. The molecule has 0 aliphatic rings. The molecule has 0 amide bonds. The van der Waals surface area contributed by atoms with Gasteiger partial charge in [0.15, 0.2) is 0 Å². The van der Waals surface area contributed by atoms with Crippen LogP contribution in [0.25, 0.3) is 0 Å². The lowest BCUT2D eigenvalue weighted by Crippen LogP contribution is -1.99. The molecule has 3 N–H and O–H groups in total. The Hall–Kier alpha value is -2.23. The lowest BCUT2D eigenvalue weighted by molar-refractivity contribution is 0.416. The zero-order valence-electron chi connectivity index (χ0n) is 10.8. The number of pyridine rings is 1. The Kier molecular flexibility index (Phi) is 3.37. The van der Waals surface area contributed by atoms with Crippen LogP contribution in [0.2, 0.25) is 0 Å². The molecule has 0 spiro atoms. The van der Waals surface area contributed by atoms with Crippen LogP contribution in [0.5, 0.6) is 5.75 Å². The van der Waals surface area contributed by atoms with Crippen molar-refractivity contribution in [2.45, 2.75) is 13.8 Å². The van der Waals surface area contributed by atoms with E-state index in [9.17, 15) is 0 Å². The Morgan fingerprint density at radius 2 is 2.00 bits per heavy atom. The van der Waals surface area contributed by atoms with Crippen molar-refractivity contribution in [2.75, 3.05) is 18.2 Å². The molecule has 1 heterocycles. The first-order chi connectivity index (χ1) is 8.60. The molecule has 18 heavy (non-hydrogen) atoms. The van der Waals surface area contributed by atoms with Gasteiger partial charge in [-0.3, -0.25) is 0 Å². The zero-order valence-corrected chi connectivity index (χ0v) is 10.8. The van der Waals surface area contributed by atoms with Crippen molar-refractivity contribution < 1.29 is 4.74 Å². The van der Waals surface area contributed by atoms with Crippen LogP contribution in [0.4, 0.5) is 17.2 Å². The van der Waals surface area contributed by atoms with E-state index in [0.29, 0.717) is 5.82 Å². The molecule has 0 aliphatic carbocycles. The third-order valence-corrected chi connectivity index (χ3v) is 2.76. The highest BCUT2D eigenvalue weighted by Gasteiger charge is 2.05. The standard InChI is InChI=1S/C14H17N3O/c1-9-4-5-13(18-3)12(6-9)17-14-7-11(15)10(2)8-16-14/h4-8H,1-3H3,(H3,15,16,17). The first kappa shape index (κ1) is 12.2. The summed E-state index contributed by atoms with van der Waals surface area (Å²) < 4.78 is 5.30. The summed E-state index contributed by atoms with van der Waals surface area (Å²) in [7, 11) is 1.65. The predicted octanol–water partition coefficient (Wildman–Crippen LogP) is 3.03. The molecular formula is C14H17N3O. The van der Waals surface area contributed by atoms with E-state index in [1.807, 2.05) is 38.1 Å². The summed E-state index contributed by atoms with van der Waals surface area (Å²) in [4.78, 5) is 4.29. The highest BCUT2D eigenvalue weighted by atomic mass is 16.5. The topological polar surface area (TPSA) is 60.2 Å². The Bertz CT molecular complexity index is 567. The van der Waals surface area contributed by atoms with E-state index in [0.717, 1.165) is 28.3 Å². The number of aryl methyl sites for hydroxylation is 2. The average Bonchev–Trinajstić information content (AvgIpc) is 2.34. The van der Waals surface area contributed by atoms with Crippen LogP contribution in [-0.4, -0.2) is 12.1 Å². The van der Waals surface area contributed by atoms with Crippen molar-refractivity contribution in [1.82, 2.24) is 4.98 Å². The fourth-order valence-corrected chi connectivity index (χ4v) is 1.67.